The van der Waals surface area contributed by atoms with Gasteiger partial charge in [0.05, 0.1) is 11.8 Å². The third-order valence-electron chi connectivity index (χ3n) is 2.74. The first-order valence-electron chi connectivity index (χ1n) is 6.01. The molecule has 0 bridgehead atoms. The van der Waals surface area contributed by atoms with Crippen molar-refractivity contribution in [1.29, 1.82) is 0 Å². The standard InChI is InChI=1S/C12H13FN2O4S/c13-20(17,18)19-11-6-9(7-14-8-11)12(16)15-10-4-2-1-3-5-10/h2,4,6-8,10H,1,3,5H2,(H,15,16). The highest BCUT2D eigenvalue weighted by Crippen LogP contribution is 2.15. The van der Waals surface area contributed by atoms with Crippen molar-refractivity contribution in [1.82, 2.24) is 10.3 Å². The van der Waals surface area contributed by atoms with Gasteiger partial charge in [-0.05, 0) is 25.3 Å². The van der Waals surface area contributed by atoms with Crippen molar-refractivity contribution in [3.8, 4) is 5.75 Å². The fraction of sp³-hybridized carbons (Fsp3) is 0.333. The minimum Gasteiger partial charge on any atom is -0.357 e. The van der Waals surface area contributed by atoms with Gasteiger partial charge in [0.25, 0.3) is 5.91 Å². The Morgan fingerprint density at radius 3 is 2.90 bits per heavy atom. The van der Waals surface area contributed by atoms with Crippen molar-refractivity contribution in [2.45, 2.75) is 25.3 Å². The quantitative estimate of drug-likeness (QED) is 0.673. The SMILES string of the molecule is O=C(NC1C=CCCC1)c1cncc(OS(=O)(=O)F)c1. The lowest BCUT2D eigenvalue weighted by Crippen LogP contribution is -2.34. The lowest BCUT2D eigenvalue weighted by atomic mass is 10.0. The highest BCUT2D eigenvalue weighted by Gasteiger charge is 2.16. The van der Waals surface area contributed by atoms with Crippen LogP contribution in [0.1, 0.15) is 29.6 Å². The predicted molar refractivity (Wildman–Crippen MR) is 69.1 cm³/mol. The molecule has 0 fully saturated rings. The van der Waals surface area contributed by atoms with Crippen LogP contribution in [0.15, 0.2) is 30.6 Å². The van der Waals surface area contributed by atoms with E-state index in [-0.39, 0.29) is 17.4 Å². The monoisotopic (exact) mass is 300 g/mol. The molecule has 0 aromatic carbocycles. The zero-order chi connectivity index (χ0) is 14.6. The van der Waals surface area contributed by atoms with Gasteiger partial charge in [0, 0.05) is 12.2 Å². The van der Waals surface area contributed by atoms with Crippen molar-refractivity contribution in [3.05, 3.63) is 36.2 Å². The summed E-state index contributed by atoms with van der Waals surface area (Å²) in [6.07, 6.45) is 8.97. The average Bonchev–Trinajstić information content (AvgIpc) is 2.38. The van der Waals surface area contributed by atoms with E-state index in [0.29, 0.717) is 0 Å². The van der Waals surface area contributed by atoms with Crippen molar-refractivity contribution < 1.29 is 21.3 Å². The van der Waals surface area contributed by atoms with Crippen LogP contribution in [0.5, 0.6) is 5.75 Å². The van der Waals surface area contributed by atoms with Crippen LogP contribution < -0.4 is 9.50 Å². The molecule has 1 unspecified atom stereocenters. The Labute approximate surface area is 116 Å². The molecular weight excluding hydrogens is 287 g/mol. The summed E-state index contributed by atoms with van der Waals surface area (Å²) in [6.45, 7) is 0. The molecule has 1 aliphatic rings. The zero-order valence-electron chi connectivity index (χ0n) is 10.5. The highest BCUT2D eigenvalue weighted by atomic mass is 32.3. The largest absolute Gasteiger partial charge is 0.488 e. The number of nitrogens with one attached hydrogen (secondary N) is 1. The molecule has 1 N–H and O–H groups in total. The maximum absolute atomic E-state index is 12.4. The molecule has 0 aliphatic heterocycles. The molecule has 20 heavy (non-hydrogen) atoms. The molecule has 8 heteroatoms. The zero-order valence-corrected chi connectivity index (χ0v) is 11.3. The molecule has 1 aliphatic carbocycles. The minimum atomic E-state index is -5.13. The molecule has 0 spiro atoms. The summed E-state index contributed by atoms with van der Waals surface area (Å²) in [6, 6.07) is 1.05. The fourth-order valence-electron chi connectivity index (χ4n) is 1.89. The lowest BCUT2D eigenvalue weighted by Gasteiger charge is -2.17. The Balaban J connectivity index is 2.08. The van der Waals surface area contributed by atoms with Crippen LogP contribution in [0.25, 0.3) is 0 Å². The van der Waals surface area contributed by atoms with E-state index in [9.17, 15) is 17.1 Å². The highest BCUT2D eigenvalue weighted by molar-refractivity contribution is 7.81. The number of rotatable bonds is 4. The molecule has 0 saturated carbocycles. The molecule has 0 saturated heterocycles. The van der Waals surface area contributed by atoms with Gasteiger partial charge in [0.1, 0.15) is 0 Å². The maximum Gasteiger partial charge on any atom is 0.488 e. The third-order valence-corrected chi connectivity index (χ3v) is 3.13. The Bertz CT molecular complexity index is 630. The number of aromatic nitrogens is 1. The minimum absolute atomic E-state index is 0.0641. The van der Waals surface area contributed by atoms with Gasteiger partial charge in [-0.1, -0.05) is 16.0 Å². The van der Waals surface area contributed by atoms with Crippen LogP contribution in [0.3, 0.4) is 0 Å². The van der Waals surface area contributed by atoms with E-state index in [1.807, 2.05) is 12.2 Å². The first-order chi connectivity index (χ1) is 9.44. The van der Waals surface area contributed by atoms with Crippen molar-refractivity contribution >= 4 is 16.4 Å². The van der Waals surface area contributed by atoms with Gasteiger partial charge in [-0.2, -0.15) is 8.42 Å². The fourth-order valence-corrected chi connectivity index (χ4v) is 2.21. The van der Waals surface area contributed by atoms with E-state index in [1.165, 1.54) is 6.20 Å². The van der Waals surface area contributed by atoms with Gasteiger partial charge in [-0.25, -0.2) is 0 Å². The summed E-state index contributed by atoms with van der Waals surface area (Å²) >= 11 is 0. The molecule has 1 aromatic heterocycles. The Morgan fingerprint density at radius 1 is 1.45 bits per heavy atom. The molecule has 6 nitrogen and oxygen atoms in total. The molecule has 1 aromatic rings. The number of carbonyl (C=O) groups is 1. The summed E-state index contributed by atoms with van der Waals surface area (Å²) in [5.41, 5.74) is 0.102. The lowest BCUT2D eigenvalue weighted by molar-refractivity contribution is 0.0941. The topological polar surface area (TPSA) is 85.4 Å². The molecule has 1 heterocycles. The van der Waals surface area contributed by atoms with E-state index in [1.54, 1.807) is 0 Å². The number of hydrogen-bond donors (Lipinski definition) is 1. The van der Waals surface area contributed by atoms with E-state index < -0.39 is 16.4 Å². The van der Waals surface area contributed by atoms with Gasteiger partial charge >= 0.3 is 10.5 Å². The summed E-state index contributed by atoms with van der Waals surface area (Å²) in [5, 5.41) is 2.76. The van der Waals surface area contributed by atoms with Crippen molar-refractivity contribution in [3.63, 3.8) is 0 Å². The number of allylic oxidation sites excluding steroid dienone is 1. The second-order valence-electron chi connectivity index (χ2n) is 4.32. The predicted octanol–water partition coefficient (Wildman–Crippen LogP) is 1.51. The third kappa shape index (κ3) is 4.30. The first-order valence-corrected chi connectivity index (χ1v) is 7.31. The van der Waals surface area contributed by atoms with E-state index >= 15 is 0 Å². The van der Waals surface area contributed by atoms with Crippen LogP contribution in [0, 0.1) is 0 Å². The Hall–Kier alpha value is -1.96. The second kappa shape index (κ2) is 6.00. The molecular formula is C12H13FN2O4S. The molecule has 2 rings (SSSR count). The summed E-state index contributed by atoms with van der Waals surface area (Å²) in [4.78, 5) is 15.6. The van der Waals surface area contributed by atoms with Crippen molar-refractivity contribution in [2.24, 2.45) is 0 Å². The van der Waals surface area contributed by atoms with Gasteiger partial charge in [0.2, 0.25) is 0 Å². The number of nitrogens with zero attached hydrogens (tertiary/aromatic N) is 1. The van der Waals surface area contributed by atoms with Crippen LogP contribution in [0.4, 0.5) is 3.89 Å². The smallest absolute Gasteiger partial charge is 0.357 e. The maximum atomic E-state index is 12.4. The summed E-state index contributed by atoms with van der Waals surface area (Å²) < 4.78 is 37.2. The van der Waals surface area contributed by atoms with Crippen LogP contribution in [-0.4, -0.2) is 25.4 Å². The van der Waals surface area contributed by atoms with Gasteiger partial charge in [-0.3, -0.25) is 9.78 Å². The molecule has 0 radical (unpaired) electrons. The van der Waals surface area contributed by atoms with Gasteiger partial charge in [-0.15, -0.1) is 0 Å². The van der Waals surface area contributed by atoms with Crippen molar-refractivity contribution in [2.75, 3.05) is 0 Å². The Morgan fingerprint density at radius 2 is 2.25 bits per heavy atom. The number of hydrogen-bond acceptors (Lipinski definition) is 5. The number of pyridine rings is 1. The molecule has 108 valence electrons. The number of amides is 1. The second-order valence-corrected chi connectivity index (χ2v) is 5.28. The van der Waals surface area contributed by atoms with Crippen LogP contribution in [-0.2, 0) is 10.5 Å². The molecule has 1 amide bonds. The van der Waals surface area contributed by atoms with E-state index in [2.05, 4.69) is 14.5 Å². The number of carbonyl (C=O) groups excluding carboxylic acids is 1. The summed E-state index contributed by atoms with van der Waals surface area (Å²) in [7, 11) is -5.13. The molecule has 1 atom stereocenters. The normalized spacial score (nSPS) is 18.6. The van der Waals surface area contributed by atoms with Gasteiger partial charge in [0.15, 0.2) is 5.75 Å². The van der Waals surface area contributed by atoms with Crippen LogP contribution in [0.2, 0.25) is 0 Å². The number of halogens is 1. The summed E-state index contributed by atoms with van der Waals surface area (Å²) in [5.74, 6) is -0.768. The van der Waals surface area contributed by atoms with Gasteiger partial charge < -0.3 is 9.50 Å². The Kier molecular flexibility index (Phi) is 4.33. The van der Waals surface area contributed by atoms with E-state index in [0.717, 1.165) is 31.5 Å². The average molecular weight is 300 g/mol. The van der Waals surface area contributed by atoms with Crippen LogP contribution >= 0.6 is 0 Å². The van der Waals surface area contributed by atoms with E-state index in [4.69, 9.17) is 0 Å². The first kappa shape index (κ1) is 14.4.